The number of carbonyl (C=O) groups is 1. The van der Waals surface area contributed by atoms with Crippen LogP contribution in [0, 0.1) is 12.7 Å². The maximum absolute atomic E-state index is 12.9. The summed E-state index contributed by atoms with van der Waals surface area (Å²) in [4.78, 5) is 16.9. The Morgan fingerprint density at radius 1 is 1.25 bits per heavy atom. The molecular weight excluding hydrogens is 347 g/mol. The van der Waals surface area contributed by atoms with Crippen LogP contribution in [0.4, 0.5) is 9.52 Å². The van der Waals surface area contributed by atoms with E-state index < -0.39 is 0 Å². The van der Waals surface area contributed by atoms with Gasteiger partial charge in [0.05, 0.1) is 5.01 Å². The largest absolute Gasteiger partial charge is 0.297 e. The van der Waals surface area contributed by atoms with Crippen LogP contribution >= 0.6 is 22.7 Å². The van der Waals surface area contributed by atoms with E-state index in [4.69, 9.17) is 0 Å². The minimum absolute atomic E-state index is 0.271. The van der Waals surface area contributed by atoms with Gasteiger partial charge in [-0.25, -0.2) is 9.37 Å². The highest BCUT2D eigenvalue weighted by molar-refractivity contribution is 7.15. The molecule has 1 N–H and O–H groups in total. The molecule has 0 aliphatic carbocycles. The zero-order valence-corrected chi connectivity index (χ0v) is 14.3. The van der Waals surface area contributed by atoms with Crippen LogP contribution < -0.4 is 5.32 Å². The Balaban J connectivity index is 1.58. The van der Waals surface area contributed by atoms with Crippen LogP contribution in [0.2, 0.25) is 0 Å². The van der Waals surface area contributed by atoms with Crippen molar-refractivity contribution in [1.82, 2.24) is 15.2 Å². The van der Waals surface area contributed by atoms with Crippen molar-refractivity contribution >= 4 is 39.8 Å². The molecule has 24 heavy (non-hydrogen) atoms. The topological polar surface area (TPSA) is 67.8 Å². The molecule has 0 spiro atoms. The van der Waals surface area contributed by atoms with Gasteiger partial charge in [0.2, 0.25) is 11.0 Å². The van der Waals surface area contributed by atoms with Crippen molar-refractivity contribution in [2.75, 3.05) is 5.32 Å². The molecule has 2 aromatic heterocycles. The molecule has 0 unspecified atom stereocenters. The molecular formula is C16H13FN4OS2. The minimum atomic E-state index is -0.273. The summed E-state index contributed by atoms with van der Waals surface area (Å²) in [6.07, 6.45) is 5.41. The summed E-state index contributed by atoms with van der Waals surface area (Å²) in [6, 6.07) is 6.22. The monoisotopic (exact) mass is 360 g/mol. The van der Waals surface area contributed by atoms with Crippen molar-refractivity contribution in [3.05, 3.63) is 62.8 Å². The third kappa shape index (κ3) is 4.53. The smallest absolute Gasteiger partial charge is 0.250 e. The maximum atomic E-state index is 12.9. The number of thiazole rings is 1. The second-order valence-corrected chi connectivity index (χ2v) is 7.24. The van der Waals surface area contributed by atoms with Crippen LogP contribution in [0.3, 0.4) is 0 Å². The summed E-state index contributed by atoms with van der Waals surface area (Å²) >= 11 is 2.81. The first-order chi connectivity index (χ1) is 11.6. The fourth-order valence-electron chi connectivity index (χ4n) is 1.91. The molecule has 0 saturated carbocycles. The highest BCUT2D eigenvalue weighted by atomic mass is 32.1. The van der Waals surface area contributed by atoms with Crippen LogP contribution in [-0.2, 0) is 11.2 Å². The number of aromatic nitrogens is 3. The highest BCUT2D eigenvalue weighted by Crippen LogP contribution is 2.19. The average molecular weight is 360 g/mol. The molecule has 0 fully saturated rings. The number of carbonyl (C=O) groups excluding carboxylic acids is 1. The third-order valence-electron chi connectivity index (χ3n) is 3.00. The van der Waals surface area contributed by atoms with Crippen molar-refractivity contribution in [3.63, 3.8) is 0 Å². The first kappa shape index (κ1) is 16.4. The number of hydrogen-bond acceptors (Lipinski definition) is 6. The summed E-state index contributed by atoms with van der Waals surface area (Å²) in [5.74, 6) is -0.544. The summed E-state index contributed by atoms with van der Waals surface area (Å²) < 4.78 is 12.9. The van der Waals surface area contributed by atoms with Gasteiger partial charge in [0.25, 0.3) is 0 Å². The predicted molar refractivity (Wildman–Crippen MR) is 93.6 cm³/mol. The maximum Gasteiger partial charge on any atom is 0.250 e. The van der Waals surface area contributed by atoms with Gasteiger partial charge in [0.15, 0.2) is 0 Å². The van der Waals surface area contributed by atoms with E-state index in [2.05, 4.69) is 20.5 Å². The van der Waals surface area contributed by atoms with Gasteiger partial charge in [-0.3, -0.25) is 10.1 Å². The fraction of sp³-hybridized carbons (Fsp3) is 0.125. The van der Waals surface area contributed by atoms with Crippen molar-refractivity contribution in [1.29, 1.82) is 0 Å². The zero-order valence-electron chi connectivity index (χ0n) is 12.7. The normalized spacial score (nSPS) is 11.1. The molecule has 0 saturated heterocycles. The molecule has 0 radical (unpaired) electrons. The SMILES string of the molecule is Cc1ncc(/C=C/C(=O)Nc2nnc(Cc3ccc(F)cc3)s2)s1. The zero-order chi connectivity index (χ0) is 16.9. The molecule has 1 amide bonds. The Hall–Kier alpha value is -2.45. The first-order valence-electron chi connectivity index (χ1n) is 7.07. The van der Waals surface area contributed by atoms with E-state index in [1.165, 1.54) is 40.9 Å². The Morgan fingerprint density at radius 2 is 2.04 bits per heavy atom. The van der Waals surface area contributed by atoms with Gasteiger partial charge in [-0.2, -0.15) is 0 Å². The lowest BCUT2D eigenvalue weighted by atomic mass is 10.2. The summed E-state index contributed by atoms with van der Waals surface area (Å²) in [6.45, 7) is 1.91. The van der Waals surface area contributed by atoms with E-state index in [0.717, 1.165) is 20.5 Å². The van der Waals surface area contributed by atoms with Gasteiger partial charge in [-0.05, 0) is 30.7 Å². The van der Waals surface area contributed by atoms with Gasteiger partial charge in [0, 0.05) is 23.6 Å². The molecule has 122 valence electrons. The summed E-state index contributed by atoms with van der Waals surface area (Å²) in [5, 5.41) is 12.8. The van der Waals surface area contributed by atoms with Crippen molar-refractivity contribution in [2.24, 2.45) is 0 Å². The fourth-order valence-corrected chi connectivity index (χ4v) is 3.38. The number of rotatable bonds is 5. The number of benzene rings is 1. The number of amides is 1. The summed E-state index contributed by atoms with van der Waals surface area (Å²) in [5.41, 5.74) is 0.936. The molecule has 5 nitrogen and oxygen atoms in total. The Labute approximate surface area is 145 Å². The van der Waals surface area contributed by atoms with Crippen molar-refractivity contribution in [2.45, 2.75) is 13.3 Å². The molecule has 1 aromatic carbocycles. The van der Waals surface area contributed by atoms with E-state index in [1.54, 1.807) is 24.4 Å². The van der Waals surface area contributed by atoms with E-state index in [1.807, 2.05) is 6.92 Å². The summed E-state index contributed by atoms with van der Waals surface area (Å²) in [7, 11) is 0. The molecule has 0 atom stereocenters. The lowest BCUT2D eigenvalue weighted by Gasteiger charge is -1.96. The second kappa shape index (κ2) is 7.41. The third-order valence-corrected chi connectivity index (χ3v) is 4.72. The molecule has 0 aliphatic heterocycles. The van der Waals surface area contributed by atoms with E-state index >= 15 is 0 Å². The number of nitrogens with one attached hydrogen (secondary N) is 1. The standard InChI is InChI=1S/C16H13FN4OS2/c1-10-18-9-13(23-10)6-7-14(22)19-16-21-20-15(24-16)8-11-2-4-12(17)5-3-11/h2-7,9H,8H2,1H3,(H,19,21,22)/b7-6+. The van der Waals surface area contributed by atoms with Crippen LogP contribution in [-0.4, -0.2) is 21.1 Å². The molecule has 0 aliphatic rings. The van der Waals surface area contributed by atoms with Crippen molar-refractivity contribution in [3.8, 4) is 0 Å². The van der Waals surface area contributed by atoms with E-state index in [9.17, 15) is 9.18 Å². The second-order valence-electron chi connectivity index (χ2n) is 4.91. The number of hydrogen-bond donors (Lipinski definition) is 1. The Morgan fingerprint density at radius 3 is 2.75 bits per heavy atom. The van der Waals surface area contributed by atoms with Crippen LogP contribution in [0.1, 0.15) is 20.5 Å². The molecule has 8 heteroatoms. The quantitative estimate of drug-likeness (QED) is 0.705. The Kier molecular flexibility index (Phi) is 5.07. The number of halogens is 1. The molecule has 2 heterocycles. The predicted octanol–water partition coefficient (Wildman–Crippen LogP) is 3.68. The first-order valence-corrected chi connectivity index (χ1v) is 8.70. The van der Waals surface area contributed by atoms with Crippen LogP contribution in [0.5, 0.6) is 0 Å². The van der Waals surface area contributed by atoms with Crippen LogP contribution in [0.15, 0.2) is 36.5 Å². The van der Waals surface area contributed by atoms with Crippen molar-refractivity contribution < 1.29 is 9.18 Å². The lowest BCUT2D eigenvalue weighted by Crippen LogP contribution is -2.07. The number of nitrogens with zero attached hydrogens (tertiary/aromatic N) is 3. The van der Waals surface area contributed by atoms with Gasteiger partial charge in [-0.15, -0.1) is 21.5 Å². The van der Waals surface area contributed by atoms with Gasteiger partial charge in [-0.1, -0.05) is 23.5 Å². The average Bonchev–Trinajstić information content (AvgIpc) is 3.17. The van der Waals surface area contributed by atoms with E-state index in [0.29, 0.717) is 11.6 Å². The van der Waals surface area contributed by atoms with Gasteiger partial charge < -0.3 is 0 Å². The highest BCUT2D eigenvalue weighted by Gasteiger charge is 2.07. The van der Waals surface area contributed by atoms with E-state index in [-0.39, 0.29) is 11.7 Å². The molecule has 0 bridgehead atoms. The molecule has 3 aromatic rings. The number of aryl methyl sites for hydroxylation is 1. The van der Waals surface area contributed by atoms with Gasteiger partial charge >= 0.3 is 0 Å². The van der Waals surface area contributed by atoms with Gasteiger partial charge in [0.1, 0.15) is 10.8 Å². The molecule has 3 rings (SSSR count). The Bertz CT molecular complexity index is 870. The van der Waals surface area contributed by atoms with Crippen LogP contribution in [0.25, 0.3) is 6.08 Å². The minimum Gasteiger partial charge on any atom is -0.297 e. The lowest BCUT2D eigenvalue weighted by molar-refractivity contribution is -0.111. The number of anilines is 1.